The van der Waals surface area contributed by atoms with Crippen molar-refractivity contribution in [3.8, 4) is 0 Å². The van der Waals surface area contributed by atoms with Gasteiger partial charge in [0.2, 0.25) is 0 Å². The Labute approximate surface area is 126 Å². The summed E-state index contributed by atoms with van der Waals surface area (Å²) in [6, 6.07) is 6.08. The molecule has 0 aliphatic heterocycles. The number of hydrogen-bond donors (Lipinski definition) is 1. The molecule has 0 bridgehead atoms. The van der Waals surface area contributed by atoms with E-state index >= 15 is 0 Å². The van der Waals surface area contributed by atoms with Gasteiger partial charge >= 0.3 is 0 Å². The number of hydrogen-bond acceptors (Lipinski definition) is 2. The molecule has 0 aliphatic carbocycles. The molecular formula is C15H13ClF2N2O. The SMILES string of the molecule is Cc1cc(C(=O)NC(C)c2ccc(F)c(F)c2)cc(Cl)n1. The highest BCUT2D eigenvalue weighted by molar-refractivity contribution is 6.29. The zero-order valence-corrected chi connectivity index (χ0v) is 12.2. The molecular weight excluding hydrogens is 298 g/mol. The highest BCUT2D eigenvalue weighted by Crippen LogP contribution is 2.17. The molecule has 0 saturated heterocycles. The number of halogens is 3. The van der Waals surface area contributed by atoms with Crippen LogP contribution in [0.25, 0.3) is 0 Å². The van der Waals surface area contributed by atoms with E-state index in [0.29, 0.717) is 16.8 Å². The van der Waals surface area contributed by atoms with Gasteiger partial charge in [0.25, 0.3) is 5.91 Å². The van der Waals surface area contributed by atoms with Crippen LogP contribution in [0.2, 0.25) is 5.15 Å². The predicted octanol–water partition coefficient (Wildman–Crippen LogP) is 3.81. The molecule has 0 aliphatic rings. The maximum absolute atomic E-state index is 13.2. The van der Waals surface area contributed by atoms with Crippen molar-refractivity contribution in [1.82, 2.24) is 10.3 Å². The van der Waals surface area contributed by atoms with Crippen molar-refractivity contribution in [2.75, 3.05) is 0 Å². The van der Waals surface area contributed by atoms with Crippen LogP contribution in [0.1, 0.15) is 34.6 Å². The number of carbonyl (C=O) groups excluding carboxylic acids is 1. The van der Waals surface area contributed by atoms with E-state index in [2.05, 4.69) is 10.3 Å². The summed E-state index contributed by atoms with van der Waals surface area (Å²) in [5, 5.41) is 2.92. The Morgan fingerprint density at radius 3 is 2.57 bits per heavy atom. The minimum absolute atomic E-state index is 0.223. The Morgan fingerprint density at radius 2 is 1.95 bits per heavy atom. The van der Waals surface area contributed by atoms with E-state index in [1.807, 2.05) is 0 Å². The van der Waals surface area contributed by atoms with Crippen LogP contribution in [0.4, 0.5) is 8.78 Å². The van der Waals surface area contributed by atoms with Crippen molar-refractivity contribution in [2.24, 2.45) is 0 Å². The third-order valence-corrected chi connectivity index (χ3v) is 3.17. The number of benzene rings is 1. The van der Waals surface area contributed by atoms with Crippen molar-refractivity contribution in [1.29, 1.82) is 0 Å². The summed E-state index contributed by atoms with van der Waals surface area (Å²) in [7, 11) is 0. The molecule has 0 radical (unpaired) electrons. The van der Waals surface area contributed by atoms with Crippen molar-refractivity contribution >= 4 is 17.5 Å². The standard InChI is InChI=1S/C15H13ClF2N2O/c1-8-5-11(7-14(16)19-8)15(21)20-9(2)10-3-4-12(17)13(18)6-10/h3-7,9H,1-2H3,(H,20,21). The maximum atomic E-state index is 13.2. The fraction of sp³-hybridized carbons (Fsp3) is 0.200. The fourth-order valence-electron chi connectivity index (χ4n) is 1.90. The van der Waals surface area contributed by atoms with Gasteiger partial charge in [0.15, 0.2) is 11.6 Å². The molecule has 0 spiro atoms. The van der Waals surface area contributed by atoms with Crippen LogP contribution in [-0.2, 0) is 0 Å². The Morgan fingerprint density at radius 1 is 1.24 bits per heavy atom. The lowest BCUT2D eigenvalue weighted by atomic mass is 10.1. The molecule has 0 fully saturated rings. The first-order chi connectivity index (χ1) is 9.86. The van der Waals surface area contributed by atoms with Crippen molar-refractivity contribution in [2.45, 2.75) is 19.9 Å². The van der Waals surface area contributed by atoms with Crippen molar-refractivity contribution in [3.63, 3.8) is 0 Å². The van der Waals surface area contributed by atoms with Gasteiger partial charge in [0.1, 0.15) is 5.15 Å². The zero-order chi connectivity index (χ0) is 15.6. The summed E-state index contributed by atoms with van der Waals surface area (Å²) < 4.78 is 26.1. The van der Waals surface area contributed by atoms with Crippen LogP contribution in [0.5, 0.6) is 0 Å². The highest BCUT2D eigenvalue weighted by Gasteiger charge is 2.14. The molecule has 1 aromatic heterocycles. The average molecular weight is 311 g/mol. The van der Waals surface area contributed by atoms with Gasteiger partial charge in [-0.2, -0.15) is 0 Å². The van der Waals surface area contributed by atoms with Gasteiger partial charge in [-0.3, -0.25) is 4.79 Å². The monoisotopic (exact) mass is 310 g/mol. The Balaban J connectivity index is 2.16. The molecule has 1 N–H and O–H groups in total. The molecule has 3 nitrogen and oxygen atoms in total. The van der Waals surface area contributed by atoms with Gasteiger partial charge in [0.05, 0.1) is 6.04 Å². The molecule has 1 amide bonds. The number of aryl methyl sites for hydroxylation is 1. The Bertz CT molecular complexity index is 671. The molecule has 110 valence electrons. The Kier molecular flexibility index (Phi) is 4.53. The van der Waals surface area contributed by atoms with Crippen molar-refractivity contribution < 1.29 is 13.6 Å². The normalized spacial score (nSPS) is 12.0. The summed E-state index contributed by atoms with van der Waals surface area (Å²) in [6.45, 7) is 3.40. The van der Waals surface area contributed by atoms with E-state index in [9.17, 15) is 13.6 Å². The topological polar surface area (TPSA) is 42.0 Å². The molecule has 1 heterocycles. The molecule has 1 aromatic carbocycles. The summed E-state index contributed by atoms with van der Waals surface area (Å²) in [5.74, 6) is -2.23. The van der Waals surface area contributed by atoms with E-state index < -0.39 is 17.7 Å². The molecule has 0 saturated carbocycles. The lowest BCUT2D eigenvalue weighted by Crippen LogP contribution is -2.27. The molecule has 2 rings (SSSR count). The summed E-state index contributed by atoms with van der Waals surface area (Å²) in [4.78, 5) is 16.1. The summed E-state index contributed by atoms with van der Waals surface area (Å²) in [5.41, 5.74) is 1.45. The molecule has 2 aromatic rings. The number of nitrogens with zero attached hydrogens (tertiary/aromatic N) is 1. The van der Waals surface area contributed by atoms with Gasteiger partial charge in [-0.1, -0.05) is 17.7 Å². The smallest absolute Gasteiger partial charge is 0.251 e. The van der Waals surface area contributed by atoms with Crippen LogP contribution in [0.3, 0.4) is 0 Å². The second-order valence-corrected chi connectivity index (χ2v) is 5.08. The first-order valence-corrected chi connectivity index (χ1v) is 6.64. The minimum Gasteiger partial charge on any atom is -0.346 e. The molecule has 6 heteroatoms. The van der Waals surface area contributed by atoms with Gasteiger partial charge in [-0.05, 0) is 43.7 Å². The van der Waals surface area contributed by atoms with Gasteiger partial charge in [-0.15, -0.1) is 0 Å². The predicted molar refractivity (Wildman–Crippen MR) is 76.2 cm³/mol. The third kappa shape index (κ3) is 3.76. The summed E-state index contributed by atoms with van der Waals surface area (Å²) >= 11 is 5.80. The second kappa shape index (κ2) is 6.18. The van der Waals surface area contributed by atoms with E-state index in [1.54, 1.807) is 19.9 Å². The van der Waals surface area contributed by atoms with Crippen molar-refractivity contribution in [3.05, 3.63) is 63.9 Å². The minimum atomic E-state index is -0.948. The first-order valence-electron chi connectivity index (χ1n) is 6.27. The lowest BCUT2D eigenvalue weighted by molar-refractivity contribution is 0.0939. The van der Waals surface area contributed by atoms with E-state index in [0.717, 1.165) is 12.1 Å². The van der Waals surface area contributed by atoms with Gasteiger partial charge in [-0.25, -0.2) is 13.8 Å². The molecule has 21 heavy (non-hydrogen) atoms. The quantitative estimate of drug-likeness (QED) is 0.876. The number of carbonyl (C=O) groups is 1. The number of amides is 1. The van der Waals surface area contributed by atoms with Gasteiger partial charge < -0.3 is 5.32 Å². The van der Waals surface area contributed by atoms with Crippen LogP contribution in [0.15, 0.2) is 30.3 Å². The van der Waals surface area contributed by atoms with Crippen LogP contribution in [0, 0.1) is 18.6 Å². The van der Waals surface area contributed by atoms with Crippen LogP contribution >= 0.6 is 11.6 Å². The largest absolute Gasteiger partial charge is 0.346 e. The first kappa shape index (κ1) is 15.4. The van der Waals surface area contributed by atoms with Crippen LogP contribution in [-0.4, -0.2) is 10.9 Å². The van der Waals surface area contributed by atoms with Gasteiger partial charge in [0, 0.05) is 11.3 Å². The second-order valence-electron chi connectivity index (χ2n) is 4.69. The zero-order valence-electron chi connectivity index (χ0n) is 11.5. The fourth-order valence-corrected chi connectivity index (χ4v) is 2.16. The number of nitrogens with one attached hydrogen (secondary N) is 1. The summed E-state index contributed by atoms with van der Waals surface area (Å²) in [6.07, 6.45) is 0. The van der Waals surface area contributed by atoms with Crippen LogP contribution < -0.4 is 5.32 Å². The average Bonchev–Trinajstić information content (AvgIpc) is 2.40. The Hall–Kier alpha value is -2.01. The van der Waals surface area contributed by atoms with E-state index in [-0.39, 0.29) is 11.1 Å². The van der Waals surface area contributed by atoms with E-state index in [4.69, 9.17) is 11.6 Å². The lowest BCUT2D eigenvalue weighted by Gasteiger charge is -2.15. The van der Waals surface area contributed by atoms with E-state index in [1.165, 1.54) is 12.1 Å². The number of rotatable bonds is 3. The molecule has 1 atom stereocenters. The number of aromatic nitrogens is 1. The maximum Gasteiger partial charge on any atom is 0.251 e. The molecule has 1 unspecified atom stereocenters. The third-order valence-electron chi connectivity index (χ3n) is 2.98. The number of pyridine rings is 1. The highest BCUT2D eigenvalue weighted by atomic mass is 35.5.